The van der Waals surface area contributed by atoms with Crippen LogP contribution in [0.1, 0.15) is 35.3 Å². The molecule has 198 valence electrons. The van der Waals surface area contributed by atoms with Crippen LogP contribution in [-0.4, -0.2) is 69.3 Å². The molecule has 2 aromatic rings. The minimum atomic E-state index is -5.82. The highest BCUT2D eigenvalue weighted by Crippen LogP contribution is 2.67. The smallest absolute Gasteiger partial charge is 0.342 e. The summed E-state index contributed by atoms with van der Waals surface area (Å²) in [6.45, 7) is 1.16. The number of hydrogen-bond acceptors (Lipinski definition) is 7. The zero-order valence-electron chi connectivity index (χ0n) is 19.2. The molecule has 16 heteroatoms. The Hall–Kier alpha value is -2.31. The maximum atomic E-state index is 14.0. The maximum absolute atomic E-state index is 14.0. The SMILES string of the molecule is CS(=O)(=O)c1cc(C(=O)C(C(=N)N)(c2ccc[nH]2)C(P(=O)(O)O)P(=O)(O)O)ccc1N1CCCCC1. The quantitative estimate of drug-likeness (QED) is 0.0990. The first-order valence-corrected chi connectivity index (χ1v) is 16.0. The third-order valence-corrected chi connectivity index (χ3v) is 11.1. The molecule has 1 unspecified atom stereocenters. The van der Waals surface area contributed by atoms with Crippen molar-refractivity contribution in [1.82, 2.24) is 4.98 Å². The number of aromatic nitrogens is 1. The van der Waals surface area contributed by atoms with Gasteiger partial charge in [-0.15, -0.1) is 0 Å². The third kappa shape index (κ3) is 5.21. The second kappa shape index (κ2) is 9.86. The van der Waals surface area contributed by atoms with Crippen molar-refractivity contribution in [2.24, 2.45) is 5.73 Å². The van der Waals surface area contributed by atoms with Crippen molar-refractivity contribution in [2.45, 2.75) is 35.0 Å². The Morgan fingerprint density at radius 1 is 1.11 bits per heavy atom. The number of Topliss-reactive ketones (excluding diaryl/α,β-unsaturated/α-hetero) is 1. The van der Waals surface area contributed by atoms with Crippen LogP contribution in [-0.2, 0) is 24.4 Å². The molecule has 8 N–H and O–H groups in total. The van der Waals surface area contributed by atoms with Crippen LogP contribution in [0.5, 0.6) is 0 Å². The molecule has 0 bridgehead atoms. The lowest BCUT2D eigenvalue weighted by molar-refractivity contribution is 0.0921. The van der Waals surface area contributed by atoms with Crippen molar-refractivity contribution >= 4 is 42.3 Å². The van der Waals surface area contributed by atoms with E-state index in [2.05, 4.69) is 4.98 Å². The number of aromatic amines is 1. The average molecular weight is 562 g/mol. The fourth-order valence-corrected chi connectivity index (χ4v) is 8.92. The Kier molecular flexibility index (Phi) is 7.74. The van der Waals surface area contributed by atoms with Crippen molar-refractivity contribution < 1.29 is 41.9 Å². The fourth-order valence-electron chi connectivity index (χ4n) is 4.64. The number of carbonyl (C=O) groups excluding carboxylic acids is 1. The second-order valence-corrected chi connectivity index (χ2v) is 14.5. The number of piperidine rings is 1. The van der Waals surface area contributed by atoms with Crippen molar-refractivity contribution in [3.63, 3.8) is 0 Å². The number of carbonyl (C=O) groups is 1. The van der Waals surface area contributed by atoms with Crippen molar-refractivity contribution in [3.05, 3.63) is 47.8 Å². The van der Waals surface area contributed by atoms with Gasteiger partial charge in [0, 0.05) is 36.8 Å². The summed E-state index contributed by atoms with van der Waals surface area (Å²) in [4.78, 5) is 58.0. The normalized spacial score (nSPS) is 17.1. The molecule has 1 aliphatic rings. The number of amidine groups is 1. The van der Waals surface area contributed by atoms with Gasteiger partial charge in [-0.05, 0) is 49.6 Å². The van der Waals surface area contributed by atoms with Gasteiger partial charge in [0.25, 0.3) is 0 Å². The van der Waals surface area contributed by atoms with E-state index in [1.54, 1.807) is 0 Å². The molecule has 0 radical (unpaired) electrons. The summed E-state index contributed by atoms with van der Waals surface area (Å²) in [6.07, 6.45) is 4.79. The summed E-state index contributed by atoms with van der Waals surface area (Å²) in [5, 5.41) is 5.10. The summed E-state index contributed by atoms with van der Waals surface area (Å²) in [5.41, 5.74) is 2.08. The van der Waals surface area contributed by atoms with Crippen molar-refractivity contribution in [3.8, 4) is 0 Å². The number of nitrogens with two attached hydrogens (primary N) is 1. The van der Waals surface area contributed by atoms with Crippen molar-refractivity contribution in [1.29, 1.82) is 5.41 Å². The Morgan fingerprint density at radius 2 is 1.69 bits per heavy atom. The van der Waals surface area contributed by atoms with Crippen LogP contribution in [0.3, 0.4) is 0 Å². The molecule has 3 rings (SSSR count). The van der Waals surface area contributed by atoms with E-state index in [1.807, 2.05) is 4.90 Å². The van der Waals surface area contributed by atoms with E-state index in [9.17, 15) is 41.9 Å². The predicted octanol–water partition coefficient (Wildman–Crippen LogP) is 1.15. The lowest BCUT2D eigenvalue weighted by Crippen LogP contribution is -2.55. The van der Waals surface area contributed by atoms with Gasteiger partial charge in [-0.1, -0.05) is 0 Å². The molecule has 0 amide bonds. The molecule has 1 aromatic heterocycles. The molecule has 0 aliphatic carbocycles. The number of ketones is 1. The van der Waals surface area contributed by atoms with E-state index >= 15 is 0 Å². The summed E-state index contributed by atoms with van der Waals surface area (Å²) in [5.74, 6) is -2.60. The van der Waals surface area contributed by atoms with Crippen LogP contribution in [0.25, 0.3) is 0 Å². The first kappa shape index (κ1) is 28.3. The van der Waals surface area contributed by atoms with Gasteiger partial charge in [0.15, 0.2) is 26.4 Å². The second-order valence-electron chi connectivity index (χ2n) is 8.69. The molecule has 1 atom stereocenters. The highest BCUT2D eigenvalue weighted by molar-refractivity contribution is 7.90. The van der Waals surface area contributed by atoms with Gasteiger partial charge in [-0.2, -0.15) is 0 Å². The van der Waals surface area contributed by atoms with E-state index in [4.69, 9.17) is 11.1 Å². The topological polar surface area (TPSA) is 235 Å². The largest absolute Gasteiger partial charge is 0.386 e. The number of anilines is 1. The monoisotopic (exact) mass is 562 g/mol. The standard InChI is InChI=1S/C20H28N4O9P2S/c1-36(32,33)15-12-13(7-8-14(15)24-10-3-2-4-11-24)17(25)20(18(21)22,16-6-5-9-23-16)19(34(26,27)28)35(29,30)31/h5-9,12,19,23H,2-4,10-11H2,1H3,(H3,21,22)(H2,26,27,28)(H2,29,30,31). The Bertz CT molecular complexity index is 1340. The molecule has 0 spiro atoms. The number of nitrogens with one attached hydrogen (secondary N) is 2. The van der Waals surface area contributed by atoms with E-state index < -0.39 is 58.7 Å². The van der Waals surface area contributed by atoms with Crippen LogP contribution < -0.4 is 10.6 Å². The number of sulfone groups is 1. The number of nitrogens with zero attached hydrogens (tertiary/aromatic N) is 1. The third-order valence-electron chi connectivity index (χ3n) is 6.15. The maximum Gasteiger partial charge on any atom is 0.342 e. The summed E-state index contributed by atoms with van der Waals surface area (Å²) in [7, 11) is -15.6. The number of benzene rings is 1. The van der Waals surface area contributed by atoms with Crippen LogP contribution in [0, 0.1) is 5.41 Å². The van der Waals surface area contributed by atoms with E-state index in [1.165, 1.54) is 24.4 Å². The minimum Gasteiger partial charge on any atom is -0.386 e. The van der Waals surface area contributed by atoms with Gasteiger partial charge in [0.2, 0.25) is 0 Å². The number of hydrogen-bond donors (Lipinski definition) is 7. The van der Waals surface area contributed by atoms with Gasteiger partial charge < -0.3 is 35.2 Å². The Balaban J connectivity index is 2.34. The fraction of sp³-hybridized carbons (Fsp3) is 0.400. The Labute approximate surface area is 207 Å². The molecule has 1 saturated heterocycles. The lowest BCUT2D eigenvalue weighted by atomic mass is 9.77. The molecule has 1 fully saturated rings. The number of H-pyrrole nitrogens is 1. The van der Waals surface area contributed by atoms with Gasteiger partial charge in [0.1, 0.15) is 5.84 Å². The molecular weight excluding hydrogens is 534 g/mol. The van der Waals surface area contributed by atoms with Gasteiger partial charge in [-0.3, -0.25) is 19.3 Å². The molecule has 36 heavy (non-hydrogen) atoms. The molecule has 1 aromatic carbocycles. The minimum absolute atomic E-state index is 0.247. The van der Waals surface area contributed by atoms with Crippen LogP contribution >= 0.6 is 15.2 Å². The zero-order valence-corrected chi connectivity index (χ0v) is 21.8. The molecule has 0 saturated carbocycles. The highest BCUT2D eigenvalue weighted by Gasteiger charge is 2.65. The molecule has 1 aliphatic heterocycles. The number of rotatable bonds is 9. The van der Waals surface area contributed by atoms with Gasteiger partial charge >= 0.3 is 15.2 Å². The van der Waals surface area contributed by atoms with Crippen LogP contribution in [0.4, 0.5) is 5.69 Å². The summed E-state index contributed by atoms with van der Waals surface area (Å²) < 4.78 is 50.2. The van der Waals surface area contributed by atoms with Crippen molar-refractivity contribution in [2.75, 3.05) is 24.2 Å². The van der Waals surface area contributed by atoms with Gasteiger partial charge in [0.05, 0.1) is 10.6 Å². The molecular formula is C20H28N4O9P2S. The predicted molar refractivity (Wildman–Crippen MR) is 132 cm³/mol. The first-order chi connectivity index (χ1) is 16.5. The molecule has 13 nitrogen and oxygen atoms in total. The van der Waals surface area contributed by atoms with Gasteiger partial charge in [-0.25, -0.2) is 8.42 Å². The average Bonchev–Trinajstić information content (AvgIpc) is 3.29. The zero-order chi connectivity index (χ0) is 27.1. The Morgan fingerprint density at radius 3 is 2.14 bits per heavy atom. The molecule has 2 heterocycles. The summed E-state index contributed by atoms with van der Waals surface area (Å²) in [6, 6.07) is 5.93. The summed E-state index contributed by atoms with van der Waals surface area (Å²) >= 11 is 0. The lowest BCUT2D eigenvalue weighted by Gasteiger charge is -2.38. The van der Waals surface area contributed by atoms with E-state index in [-0.39, 0.29) is 4.90 Å². The highest BCUT2D eigenvalue weighted by atomic mass is 32.2. The van der Waals surface area contributed by atoms with Crippen LogP contribution in [0.15, 0.2) is 41.4 Å². The van der Waals surface area contributed by atoms with E-state index in [0.29, 0.717) is 18.8 Å². The van der Waals surface area contributed by atoms with E-state index in [0.717, 1.165) is 37.7 Å². The first-order valence-electron chi connectivity index (χ1n) is 10.7. The van der Waals surface area contributed by atoms with Crippen LogP contribution in [0.2, 0.25) is 0 Å².